The van der Waals surface area contributed by atoms with E-state index in [0.717, 1.165) is 0 Å². The van der Waals surface area contributed by atoms with Gasteiger partial charge >= 0.3 is 59.1 Å². The van der Waals surface area contributed by atoms with E-state index in [1.807, 2.05) is 0 Å². The average molecular weight is 233 g/mol. The molecule has 1 N–H and O–H groups in total. The fourth-order valence-corrected chi connectivity index (χ4v) is 0.718. The molecule has 0 atom stereocenters. The first kappa shape index (κ1) is 20.8. The summed E-state index contributed by atoms with van der Waals surface area (Å²) >= 11 is 0. The van der Waals surface area contributed by atoms with Crippen molar-refractivity contribution < 1.29 is 84.1 Å². The van der Waals surface area contributed by atoms with E-state index in [9.17, 15) is 19.8 Å². The number of carboxylic acids is 2. The summed E-state index contributed by atoms with van der Waals surface area (Å²) in [4.78, 5) is 20.0. The summed E-state index contributed by atoms with van der Waals surface area (Å²) < 4.78 is 0. The summed E-state index contributed by atoms with van der Waals surface area (Å²) in [6.45, 7) is 0. The Balaban J connectivity index is -0.000000720. The average Bonchev–Trinajstić information content (AvgIpc) is 2.04. The zero-order valence-electron chi connectivity index (χ0n) is 8.86. The van der Waals surface area contributed by atoms with Crippen LogP contribution in [0.2, 0.25) is 0 Å². The molecule has 8 heteroatoms. The van der Waals surface area contributed by atoms with Gasteiger partial charge in [0.25, 0.3) is 0 Å². The Hall–Kier alpha value is 0.410. The molecule has 0 saturated heterocycles. The van der Waals surface area contributed by atoms with Crippen LogP contribution in [0, 0.1) is 0 Å². The number of hydrogen-bond donors (Lipinski definition) is 1. The van der Waals surface area contributed by atoms with Gasteiger partial charge in [-0.1, -0.05) is 5.16 Å². The SMILES string of the molecule is O=C([O-])CCC(CCC(=O)[O-])=NO.[Na+].[Na+]. The summed E-state index contributed by atoms with van der Waals surface area (Å²) in [6.07, 6.45) is -0.586. The maximum Gasteiger partial charge on any atom is 1.00 e. The number of carbonyl (C=O) groups excluding carboxylic acids is 2. The minimum absolute atomic E-state index is 0. The summed E-state index contributed by atoms with van der Waals surface area (Å²) in [6, 6.07) is 0. The quantitative estimate of drug-likeness (QED) is 0.212. The summed E-state index contributed by atoms with van der Waals surface area (Å²) in [5, 5.41) is 31.0. The van der Waals surface area contributed by atoms with Crippen molar-refractivity contribution in [2.75, 3.05) is 0 Å². The Morgan fingerprint density at radius 1 is 0.933 bits per heavy atom. The number of carboxylic acid groups (broad SMARTS) is 2. The molecule has 74 valence electrons. The number of carbonyl (C=O) groups is 2. The number of hydrogen-bond acceptors (Lipinski definition) is 6. The number of aliphatic carboxylic acids is 2. The molecule has 15 heavy (non-hydrogen) atoms. The van der Waals surface area contributed by atoms with E-state index in [1.54, 1.807) is 0 Å². The second-order valence-electron chi connectivity index (χ2n) is 2.41. The molecular weight excluding hydrogens is 224 g/mol. The normalized spacial score (nSPS) is 8.00. The van der Waals surface area contributed by atoms with Gasteiger partial charge in [0, 0.05) is 11.9 Å². The smallest absolute Gasteiger partial charge is 0.550 e. The van der Waals surface area contributed by atoms with Crippen molar-refractivity contribution in [3.05, 3.63) is 0 Å². The Labute approximate surface area is 131 Å². The zero-order chi connectivity index (χ0) is 10.3. The van der Waals surface area contributed by atoms with Gasteiger partial charge in [-0.25, -0.2) is 0 Å². The maximum absolute atomic E-state index is 9.98. The predicted molar refractivity (Wildman–Crippen MR) is 37.7 cm³/mol. The van der Waals surface area contributed by atoms with Crippen molar-refractivity contribution in [3.63, 3.8) is 0 Å². The first-order valence-corrected chi connectivity index (χ1v) is 3.65. The predicted octanol–water partition coefficient (Wildman–Crippen LogP) is -8.12. The molecule has 0 aliphatic heterocycles. The fraction of sp³-hybridized carbons (Fsp3) is 0.571. The van der Waals surface area contributed by atoms with Gasteiger partial charge in [-0.15, -0.1) is 0 Å². The van der Waals surface area contributed by atoms with Crippen molar-refractivity contribution in [1.29, 1.82) is 0 Å². The Morgan fingerprint density at radius 2 is 1.27 bits per heavy atom. The van der Waals surface area contributed by atoms with Crippen LogP contribution in [0.5, 0.6) is 0 Å². The minimum Gasteiger partial charge on any atom is -0.550 e. The molecule has 0 spiro atoms. The van der Waals surface area contributed by atoms with E-state index < -0.39 is 11.9 Å². The number of oxime groups is 1. The van der Waals surface area contributed by atoms with Crippen LogP contribution in [0.3, 0.4) is 0 Å². The molecule has 0 amide bonds. The molecule has 0 radical (unpaired) electrons. The molecule has 0 heterocycles. The van der Waals surface area contributed by atoms with Crippen LogP contribution in [0.15, 0.2) is 5.16 Å². The Kier molecular flexibility index (Phi) is 17.3. The Morgan fingerprint density at radius 3 is 1.47 bits per heavy atom. The van der Waals surface area contributed by atoms with Crippen LogP contribution >= 0.6 is 0 Å². The van der Waals surface area contributed by atoms with E-state index >= 15 is 0 Å². The van der Waals surface area contributed by atoms with Gasteiger partial charge < -0.3 is 25.0 Å². The first-order valence-electron chi connectivity index (χ1n) is 3.65. The third-order valence-corrected chi connectivity index (χ3v) is 1.38. The van der Waals surface area contributed by atoms with Crippen LogP contribution in [0.4, 0.5) is 0 Å². The maximum atomic E-state index is 9.98. The van der Waals surface area contributed by atoms with Crippen LogP contribution in [-0.2, 0) is 9.59 Å². The van der Waals surface area contributed by atoms with E-state index in [1.165, 1.54) is 0 Å². The molecule has 0 aliphatic rings. The van der Waals surface area contributed by atoms with Gasteiger partial charge in [0.05, 0.1) is 5.71 Å². The minimum atomic E-state index is -1.27. The molecule has 0 aromatic heterocycles. The van der Waals surface area contributed by atoms with Gasteiger partial charge in [0.1, 0.15) is 0 Å². The van der Waals surface area contributed by atoms with Gasteiger partial charge in [0.2, 0.25) is 0 Å². The third-order valence-electron chi connectivity index (χ3n) is 1.38. The first-order chi connectivity index (χ1) is 6.06. The molecular formula is C7H9NNa2O5. The fourth-order valence-electron chi connectivity index (χ4n) is 0.718. The van der Waals surface area contributed by atoms with E-state index in [4.69, 9.17) is 5.21 Å². The van der Waals surface area contributed by atoms with Crippen LogP contribution < -0.4 is 69.3 Å². The van der Waals surface area contributed by atoms with E-state index in [0.29, 0.717) is 0 Å². The summed E-state index contributed by atoms with van der Waals surface area (Å²) in [7, 11) is 0. The molecule has 0 unspecified atom stereocenters. The molecule has 0 aromatic rings. The molecule has 0 aromatic carbocycles. The van der Waals surface area contributed by atoms with Gasteiger partial charge in [-0.2, -0.15) is 0 Å². The van der Waals surface area contributed by atoms with E-state index in [2.05, 4.69) is 5.16 Å². The number of rotatable bonds is 6. The monoisotopic (exact) mass is 233 g/mol. The van der Waals surface area contributed by atoms with Crippen LogP contribution in [0.1, 0.15) is 25.7 Å². The third kappa shape index (κ3) is 14.4. The van der Waals surface area contributed by atoms with E-state index in [-0.39, 0.29) is 90.5 Å². The molecule has 0 fully saturated rings. The van der Waals surface area contributed by atoms with Crippen molar-refractivity contribution in [2.45, 2.75) is 25.7 Å². The summed E-state index contributed by atoms with van der Waals surface area (Å²) in [5.41, 5.74) is 0.119. The van der Waals surface area contributed by atoms with Gasteiger partial charge in [-0.3, -0.25) is 0 Å². The van der Waals surface area contributed by atoms with Crippen LogP contribution in [-0.4, -0.2) is 22.9 Å². The largest absolute Gasteiger partial charge is 1.00 e. The van der Waals surface area contributed by atoms with Crippen molar-refractivity contribution in [2.24, 2.45) is 5.16 Å². The second-order valence-corrected chi connectivity index (χ2v) is 2.41. The molecule has 0 rings (SSSR count). The zero-order valence-corrected chi connectivity index (χ0v) is 12.9. The molecule has 0 bridgehead atoms. The van der Waals surface area contributed by atoms with Crippen molar-refractivity contribution in [3.8, 4) is 0 Å². The van der Waals surface area contributed by atoms with Gasteiger partial charge in [0.15, 0.2) is 0 Å². The van der Waals surface area contributed by atoms with Crippen molar-refractivity contribution >= 4 is 17.7 Å². The standard InChI is InChI=1S/C7H11NO5.2Na/c9-6(10)3-1-5(8-13)2-4-7(11)12;;/h13H,1-4H2,(H,9,10)(H,11,12);;/q;2*+1/p-2. The van der Waals surface area contributed by atoms with Crippen molar-refractivity contribution in [1.82, 2.24) is 0 Å². The molecule has 0 aliphatic carbocycles. The van der Waals surface area contributed by atoms with Gasteiger partial charge in [-0.05, 0) is 25.7 Å². The number of nitrogens with zero attached hydrogens (tertiary/aromatic N) is 1. The van der Waals surface area contributed by atoms with Crippen LogP contribution in [0.25, 0.3) is 0 Å². The second kappa shape index (κ2) is 12.5. The molecule has 0 saturated carbocycles. The topological polar surface area (TPSA) is 113 Å². The Bertz CT molecular complexity index is 211. The molecule has 6 nitrogen and oxygen atoms in total. The summed E-state index contributed by atoms with van der Waals surface area (Å²) in [5.74, 6) is -2.54.